The van der Waals surface area contributed by atoms with E-state index in [1.807, 2.05) is 6.92 Å². The summed E-state index contributed by atoms with van der Waals surface area (Å²) in [5.74, 6) is 0.336. The largest absolute Gasteiger partial charge is 0.506 e. The van der Waals surface area contributed by atoms with Gasteiger partial charge in [-0.15, -0.1) is 0 Å². The topological polar surface area (TPSA) is 100 Å². The minimum absolute atomic E-state index is 0.0486. The first-order valence-electron chi connectivity index (χ1n) is 6.80. The molecule has 0 aromatic heterocycles. The molecule has 0 bridgehead atoms. The molecule has 0 heterocycles. The number of rotatable bonds is 7. The molecule has 0 spiro atoms. The smallest absolute Gasteiger partial charge is 0.411 e. The van der Waals surface area contributed by atoms with E-state index in [-0.39, 0.29) is 24.1 Å². The van der Waals surface area contributed by atoms with Crippen molar-refractivity contribution in [3.63, 3.8) is 0 Å². The SMILES string of the molecule is CCOc1cc(NC(=O)OC(C)C)c(O)cc1NCCO. The van der Waals surface area contributed by atoms with Crippen LogP contribution in [0, 0.1) is 0 Å². The molecule has 7 nitrogen and oxygen atoms in total. The van der Waals surface area contributed by atoms with Gasteiger partial charge in [0.25, 0.3) is 0 Å². The zero-order valence-corrected chi connectivity index (χ0v) is 12.5. The van der Waals surface area contributed by atoms with E-state index in [1.165, 1.54) is 12.1 Å². The van der Waals surface area contributed by atoms with Gasteiger partial charge in [-0.05, 0) is 20.8 Å². The van der Waals surface area contributed by atoms with Crippen LogP contribution in [0.25, 0.3) is 0 Å². The number of carbonyl (C=O) groups excluding carboxylic acids is 1. The maximum absolute atomic E-state index is 11.6. The molecule has 0 radical (unpaired) electrons. The molecular formula is C14H22N2O5. The first kappa shape index (κ1) is 16.9. The van der Waals surface area contributed by atoms with E-state index in [4.69, 9.17) is 14.6 Å². The maximum atomic E-state index is 11.6. The molecule has 0 aliphatic heterocycles. The lowest BCUT2D eigenvalue weighted by Gasteiger charge is -2.16. The van der Waals surface area contributed by atoms with Gasteiger partial charge in [0.2, 0.25) is 0 Å². The van der Waals surface area contributed by atoms with Gasteiger partial charge in [-0.2, -0.15) is 0 Å². The Labute approximate surface area is 123 Å². The van der Waals surface area contributed by atoms with Gasteiger partial charge in [-0.1, -0.05) is 0 Å². The molecule has 1 aromatic rings. The van der Waals surface area contributed by atoms with Gasteiger partial charge >= 0.3 is 6.09 Å². The highest BCUT2D eigenvalue weighted by molar-refractivity contribution is 5.88. The first-order chi connectivity index (χ1) is 9.97. The molecule has 0 saturated heterocycles. The number of hydrogen-bond acceptors (Lipinski definition) is 6. The number of amides is 1. The molecule has 0 aliphatic carbocycles. The van der Waals surface area contributed by atoms with E-state index in [0.717, 1.165) is 0 Å². The number of carbonyl (C=O) groups is 1. The molecule has 21 heavy (non-hydrogen) atoms. The minimum Gasteiger partial charge on any atom is -0.506 e. The van der Waals surface area contributed by atoms with Crippen molar-refractivity contribution in [3.05, 3.63) is 12.1 Å². The quantitative estimate of drug-likeness (QED) is 0.576. The fourth-order valence-electron chi connectivity index (χ4n) is 1.63. The number of benzene rings is 1. The van der Waals surface area contributed by atoms with Crippen LogP contribution in [-0.2, 0) is 4.74 Å². The maximum Gasteiger partial charge on any atom is 0.411 e. The second-order valence-corrected chi connectivity index (χ2v) is 4.53. The Morgan fingerprint density at radius 1 is 1.33 bits per heavy atom. The van der Waals surface area contributed by atoms with Crippen LogP contribution < -0.4 is 15.4 Å². The molecule has 0 unspecified atom stereocenters. The van der Waals surface area contributed by atoms with Crippen molar-refractivity contribution < 1.29 is 24.5 Å². The number of aliphatic hydroxyl groups is 1. The number of phenols is 1. The fraction of sp³-hybridized carbons (Fsp3) is 0.500. The van der Waals surface area contributed by atoms with E-state index in [1.54, 1.807) is 13.8 Å². The summed E-state index contributed by atoms with van der Waals surface area (Å²) in [4.78, 5) is 11.6. The van der Waals surface area contributed by atoms with E-state index in [9.17, 15) is 9.90 Å². The third kappa shape index (κ3) is 5.39. The predicted molar refractivity (Wildman–Crippen MR) is 80.1 cm³/mol. The molecule has 1 rings (SSSR count). The lowest BCUT2D eigenvalue weighted by Crippen LogP contribution is -2.18. The summed E-state index contributed by atoms with van der Waals surface area (Å²) in [7, 11) is 0. The molecule has 0 fully saturated rings. The van der Waals surface area contributed by atoms with Crippen molar-refractivity contribution in [1.82, 2.24) is 0 Å². The average Bonchev–Trinajstić information content (AvgIpc) is 2.40. The fourth-order valence-corrected chi connectivity index (χ4v) is 1.63. The molecule has 118 valence electrons. The van der Waals surface area contributed by atoms with Crippen LogP contribution in [0.3, 0.4) is 0 Å². The van der Waals surface area contributed by atoms with E-state index < -0.39 is 6.09 Å². The van der Waals surface area contributed by atoms with Crippen LogP contribution in [0.2, 0.25) is 0 Å². The number of anilines is 2. The minimum atomic E-state index is -0.654. The number of ether oxygens (including phenoxy) is 2. The van der Waals surface area contributed by atoms with Gasteiger partial charge in [0, 0.05) is 18.7 Å². The molecule has 1 amide bonds. The highest BCUT2D eigenvalue weighted by Crippen LogP contribution is 2.36. The Kier molecular flexibility index (Phi) is 6.61. The summed E-state index contributed by atoms with van der Waals surface area (Å²) in [6, 6.07) is 2.92. The lowest BCUT2D eigenvalue weighted by atomic mass is 10.2. The van der Waals surface area contributed by atoms with Gasteiger partial charge in [0.1, 0.15) is 11.5 Å². The van der Waals surface area contributed by atoms with Gasteiger partial charge in [-0.25, -0.2) is 4.79 Å². The van der Waals surface area contributed by atoms with E-state index >= 15 is 0 Å². The molecule has 0 atom stereocenters. The van der Waals surface area contributed by atoms with Crippen LogP contribution in [0.5, 0.6) is 11.5 Å². The second kappa shape index (κ2) is 8.21. The number of hydrogen-bond donors (Lipinski definition) is 4. The summed E-state index contributed by atoms with van der Waals surface area (Å²) in [5, 5.41) is 24.2. The highest BCUT2D eigenvalue weighted by Gasteiger charge is 2.14. The van der Waals surface area contributed by atoms with Gasteiger partial charge in [-0.3, -0.25) is 5.32 Å². The van der Waals surface area contributed by atoms with Crippen molar-refractivity contribution in [2.45, 2.75) is 26.9 Å². The number of aromatic hydroxyl groups is 1. The normalized spacial score (nSPS) is 10.3. The van der Waals surface area contributed by atoms with Crippen LogP contribution in [-0.4, -0.2) is 42.2 Å². The molecule has 0 saturated carbocycles. The summed E-state index contributed by atoms with van der Waals surface area (Å²) in [6.45, 7) is 5.98. The number of phenolic OH excluding ortho intramolecular Hbond substituents is 1. The molecule has 1 aromatic carbocycles. The van der Waals surface area contributed by atoms with Gasteiger partial charge in [0.15, 0.2) is 0 Å². The van der Waals surface area contributed by atoms with Crippen molar-refractivity contribution in [3.8, 4) is 11.5 Å². The monoisotopic (exact) mass is 298 g/mol. The summed E-state index contributed by atoms with van der Waals surface area (Å²) >= 11 is 0. The number of nitrogens with one attached hydrogen (secondary N) is 2. The Bertz CT molecular complexity index is 477. The first-order valence-corrected chi connectivity index (χ1v) is 6.80. The Morgan fingerprint density at radius 3 is 2.62 bits per heavy atom. The van der Waals surface area contributed by atoms with Gasteiger partial charge in [0.05, 0.1) is 30.7 Å². The molecule has 4 N–H and O–H groups in total. The van der Waals surface area contributed by atoms with Crippen molar-refractivity contribution in [2.24, 2.45) is 0 Å². The third-order valence-corrected chi connectivity index (χ3v) is 2.40. The van der Waals surface area contributed by atoms with Crippen molar-refractivity contribution >= 4 is 17.5 Å². The van der Waals surface area contributed by atoms with Crippen LogP contribution in [0.15, 0.2) is 12.1 Å². The van der Waals surface area contributed by atoms with E-state index in [0.29, 0.717) is 24.6 Å². The Morgan fingerprint density at radius 2 is 2.05 bits per heavy atom. The van der Waals surface area contributed by atoms with Gasteiger partial charge < -0.3 is 25.0 Å². The highest BCUT2D eigenvalue weighted by atomic mass is 16.6. The molecule has 7 heteroatoms. The van der Waals surface area contributed by atoms with E-state index in [2.05, 4.69) is 10.6 Å². The molecule has 0 aliphatic rings. The average molecular weight is 298 g/mol. The predicted octanol–water partition coefficient (Wildman–Crippen LogP) is 2.15. The zero-order chi connectivity index (χ0) is 15.8. The Balaban J connectivity index is 2.94. The third-order valence-electron chi connectivity index (χ3n) is 2.40. The summed E-state index contributed by atoms with van der Waals surface area (Å²) < 4.78 is 10.4. The van der Waals surface area contributed by atoms with Crippen molar-refractivity contribution in [1.29, 1.82) is 0 Å². The van der Waals surface area contributed by atoms with Crippen LogP contribution >= 0.6 is 0 Å². The summed E-state index contributed by atoms with van der Waals surface area (Å²) in [5.41, 5.74) is 0.727. The standard InChI is InChI=1S/C14H22N2O5/c1-4-20-13-8-10(16-14(19)21-9(2)3)12(18)7-11(13)15-5-6-17/h7-9,15,17-18H,4-6H2,1-3H3,(H,16,19). The second-order valence-electron chi connectivity index (χ2n) is 4.53. The number of aliphatic hydroxyl groups excluding tert-OH is 1. The zero-order valence-electron chi connectivity index (χ0n) is 12.5. The van der Waals surface area contributed by atoms with Crippen LogP contribution in [0.1, 0.15) is 20.8 Å². The Hall–Kier alpha value is -2.15. The lowest BCUT2D eigenvalue weighted by molar-refractivity contribution is 0.130. The van der Waals surface area contributed by atoms with Crippen molar-refractivity contribution in [2.75, 3.05) is 30.4 Å². The molecular weight excluding hydrogens is 276 g/mol. The van der Waals surface area contributed by atoms with Crippen LogP contribution in [0.4, 0.5) is 16.2 Å². The summed E-state index contributed by atoms with van der Waals surface area (Å²) in [6.07, 6.45) is -0.914.